The van der Waals surface area contributed by atoms with Gasteiger partial charge in [0.25, 0.3) is 0 Å². The van der Waals surface area contributed by atoms with Gasteiger partial charge in [-0.25, -0.2) is 9.37 Å². The maximum atomic E-state index is 13.4. The van der Waals surface area contributed by atoms with Crippen LogP contribution in [-0.4, -0.2) is 49.1 Å². The first-order valence-electron chi connectivity index (χ1n) is 11.2. The van der Waals surface area contributed by atoms with Gasteiger partial charge in [0.1, 0.15) is 17.0 Å². The highest BCUT2D eigenvalue weighted by Crippen LogP contribution is 2.33. The molecule has 8 heteroatoms. The Labute approximate surface area is 200 Å². The lowest BCUT2D eigenvalue weighted by atomic mass is 10.1. The van der Waals surface area contributed by atoms with Crippen LogP contribution in [0.4, 0.5) is 4.39 Å². The van der Waals surface area contributed by atoms with Crippen molar-refractivity contribution in [1.82, 2.24) is 35.0 Å². The molecule has 35 heavy (non-hydrogen) atoms. The summed E-state index contributed by atoms with van der Waals surface area (Å²) in [5, 5.41) is 8.58. The van der Waals surface area contributed by atoms with Crippen LogP contribution in [0.3, 0.4) is 0 Å². The van der Waals surface area contributed by atoms with E-state index < -0.39 is 0 Å². The largest absolute Gasteiger partial charge is 0.353 e. The maximum Gasteiger partial charge on any atom is 0.135 e. The number of aromatic amines is 2. The molecule has 0 unspecified atom stereocenters. The van der Waals surface area contributed by atoms with E-state index in [9.17, 15) is 4.39 Å². The second-order valence-electron chi connectivity index (χ2n) is 8.80. The lowest BCUT2D eigenvalue weighted by Crippen LogP contribution is -2.10. The molecule has 2 N–H and O–H groups in total. The highest BCUT2D eigenvalue weighted by molar-refractivity contribution is 5.99. The number of fused-ring (bicyclic) bond motifs is 2. The number of benzene rings is 1. The lowest BCUT2D eigenvalue weighted by Gasteiger charge is -2.10. The highest BCUT2D eigenvalue weighted by Gasteiger charge is 2.16. The van der Waals surface area contributed by atoms with E-state index in [0.29, 0.717) is 0 Å². The van der Waals surface area contributed by atoms with Crippen molar-refractivity contribution >= 4 is 21.9 Å². The third kappa shape index (κ3) is 3.94. The number of H-pyrrole nitrogens is 2. The predicted molar refractivity (Wildman–Crippen MR) is 135 cm³/mol. The number of rotatable bonds is 5. The van der Waals surface area contributed by atoms with Crippen molar-refractivity contribution in [2.75, 3.05) is 14.1 Å². The minimum absolute atomic E-state index is 0.275. The number of hydrogen-bond acceptors (Lipinski definition) is 5. The van der Waals surface area contributed by atoms with E-state index in [1.165, 1.54) is 12.1 Å². The number of halogens is 1. The summed E-state index contributed by atoms with van der Waals surface area (Å²) in [5.74, 6) is -0.275. The Morgan fingerprint density at radius 1 is 0.886 bits per heavy atom. The number of nitrogens with zero attached hydrogens (tertiary/aromatic N) is 5. The van der Waals surface area contributed by atoms with Gasteiger partial charge in [0.05, 0.1) is 22.6 Å². The van der Waals surface area contributed by atoms with Gasteiger partial charge in [-0.15, -0.1) is 0 Å². The summed E-state index contributed by atoms with van der Waals surface area (Å²) in [4.78, 5) is 19.5. The molecule has 0 aliphatic carbocycles. The molecule has 0 saturated carbocycles. The van der Waals surface area contributed by atoms with Crippen LogP contribution >= 0.6 is 0 Å². The molecule has 5 heterocycles. The summed E-state index contributed by atoms with van der Waals surface area (Å²) >= 11 is 0. The van der Waals surface area contributed by atoms with E-state index in [4.69, 9.17) is 4.98 Å². The Morgan fingerprint density at radius 3 is 2.57 bits per heavy atom. The number of hydrogen-bond donors (Lipinski definition) is 2. The molecule has 172 valence electrons. The van der Waals surface area contributed by atoms with Crippen LogP contribution in [0.15, 0.2) is 73.2 Å². The molecule has 5 aromatic heterocycles. The van der Waals surface area contributed by atoms with Gasteiger partial charge in [-0.05, 0) is 74.3 Å². The van der Waals surface area contributed by atoms with E-state index in [-0.39, 0.29) is 5.82 Å². The quantitative estimate of drug-likeness (QED) is 0.356. The zero-order valence-electron chi connectivity index (χ0n) is 19.2. The predicted octanol–water partition coefficient (Wildman–Crippen LogP) is 5.43. The molecule has 0 atom stereocenters. The van der Waals surface area contributed by atoms with E-state index in [0.717, 1.165) is 67.9 Å². The Morgan fingerprint density at radius 2 is 1.74 bits per heavy atom. The van der Waals surface area contributed by atoms with Crippen molar-refractivity contribution in [3.05, 3.63) is 84.6 Å². The minimum atomic E-state index is -0.275. The summed E-state index contributed by atoms with van der Waals surface area (Å²) in [7, 11) is 4.07. The summed E-state index contributed by atoms with van der Waals surface area (Å²) in [6.07, 6.45) is 5.45. The monoisotopic (exact) mass is 463 g/mol. The van der Waals surface area contributed by atoms with Crippen LogP contribution in [0, 0.1) is 5.82 Å². The van der Waals surface area contributed by atoms with E-state index >= 15 is 0 Å². The molecule has 6 aromatic rings. The average Bonchev–Trinajstić information content (AvgIpc) is 3.48. The number of aromatic nitrogens is 6. The fraction of sp³-hybridized carbons (Fsp3) is 0.111. The Bertz CT molecular complexity index is 1670. The number of pyridine rings is 3. The smallest absolute Gasteiger partial charge is 0.135 e. The van der Waals surface area contributed by atoms with Crippen LogP contribution < -0.4 is 0 Å². The van der Waals surface area contributed by atoms with Gasteiger partial charge in [-0.1, -0.05) is 0 Å². The van der Waals surface area contributed by atoms with Gasteiger partial charge in [0, 0.05) is 47.2 Å². The van der Waals surface area contributed by atoms with Crippen molar-refractivity contribution in [2.45, 2.75) is 6.54 Å². The molecular formula is C27H22FN7. The molecular weight excluding hydrogens is 441 g/mol. The van der Waals surface area contributed by atoms with Crippen LogP contribution in [0.2, 0.25) is 0 Å². The molecule has 7 nitrogen and oxygen atoms in total. The summed E-state index contributed by atoms with van der Waals surface area (Å²) < 4.78 is 13.4. The fourth-order valence-corrected chi connectivity index (χ4v) is 4.35. The molecule has 0 amide bonds. The highest BCUT2D eigenvalue weighted by atomic mass is 19.1. The van der Waals surface area contributed by atoms with Gasteiger partial charge in [0.2, 0.25) is 0 Å². The second kappa shape index (κ2) is 8.41. The van der Waals surface area contributed by atoms with Crippen molar-refractivity contribution < 1.29 is 4.39 Å². The van der Waals surface area contributed by atoms with Gasteiger partial charge in [0.15, 0.2) is 0 Å². The molecule has 0 radical (unpaired) electrons. The lowest BCUT2D eigenvalue weighted by molar-refractivity contribution is 0.402. The molecule has 0 spiro atoms. The van der Waals surface area contributed by atoms with Crippen LogP contribution in [0.1, 0.15) is 5.56 Å². The van der Waals surface area contributed by atoms with E-state index in [1.54, 1.807) is 18.3 Å². The van der Waals surface area contributed by atoms with E-state index in [1.807, 2.05) is 50.8 Å². The minimum Gasteiger partial charge on any atom is -0.353 e. The molecule has 0 saturated heterocycles. The molecule has 0 aliphatic heterocycles. The van der Waals surface area contributed by atoms with Crippen molar-refractivity contribution in [3.63, 3.8) is 0 Å². The second-order valence-corrected chi connectivity index (χ2v) is 8.80. The van der Waals surface area contributed by atoms with Crippen LogP contribution in [0.25, 0.3) is 55.8 Å². The Hall–Kier alpha value is -4.43. The van der Waals surface area contributed by atoms with Gasteiger partial charge in [-0.2, -0.15) is 5.10 Å². The maximum absolute atomic E-state index is 13.4. The first-order chi connectivity index (χ1) is 17.0. The van der Waals surface area contributed by atoms with Gasteiger partial charge < -0.3 is 9.88 Å². The molecule has 0 fully saturated rings. The van der Waals surface area contributed by atoms with Gasteiger partial charge in [-0.3, -0.25) is 15.1 Å². The van der Waals surface area contributed by atoms with Crippen LogP contribution in [-0.2, 0) is 6.54 Å². The van der Waals surface area contributed by atoms with Crippen LogP contribution in [0.5, 0.6) is 0 Å². The topological polar surface area (TPSA) is 86.4 Å². The molecule has 6 rings (SSSR count). The third-order valence-corrected chi connectivity index (χ3v) is 5.92. The molecule has 0 bridgehead atoms. The normalized spacial score (nSPS) is 11.7. The third-order valence-electron chi connectivity index (χ3n) is 5.92. The fourth-order valence-electron chi connectivity index (χ4n) is 4.35. The summed E-state index contributed by atoms with van der Waals surface area (Å²) in [5.41, 5.74) is 8.62. The zero-order valence-corrected chi connectivity index (χ0v) is 19.2. The van der Waals surface area contributed by atoms with Crippen molar-refractivity contribution in [3.8, 4) is 33.9 Å². The van der Waals surface area contributed by atoms with Gasteiger partial charge >= 0.3 is 0 Å². The average molecular weight is 464 g/mol. The first-order valence-corrected chi connectivity index (χ1v) is 11.2. The summed E-state index contributed by atoms with van der Waals surface area (Å²) in [6.45, 7) is 0.805. The zero-order chi connectivity index (χ0) is 23.9. The first kappa shape index (κ1) is 21.1. The molecule has 1 aromatic carbocycles. The Balaban J connectivity index is 1.44. The summed E-state index contributed by atoms with van der Waals surface area (Å²) in [6, 6.07) is 16.4. The SMILES string of the molecule is CN(C)Cc1cncc(-c2ccc3[nH]nc(-c4cc5c(-c6ccc(F)cc6)nccc5[nH]4)c3n2)c1. The standard InChI is InChI=1S/C27H22FN7/c1-35(2)15-16-11-18(14-29-13-16)21-7-8-23-26(32-21)27(34-33-23)24-12-20-22(31-24)9-10-30-25(20)17-3-5-19(28)6-4-17/h3-14,31H,15H2,1-2H3,(H,33,34). The van der Waals surface area contributed by atoms with Crippen molar-refractivity contribution in [2.24, 2.45) is 0 Å². The van der Waals surface area contributed by atoms with Crippen molar-refractivity contribution in [1.29, 1.82) is 0 Å². The molecule has 0 aliphatic rings. The Kier molecular flexibility index (Phi) is 5.08. The van der Waals surface area contributed by atoms with E-state index in [2.05, 4.69) is 36.1 Å². The number of nitrogens with one attached hydrogen (secondary N) is 2.